The highest BCUT2D eigenvalue weighted by Crippen LogP contribution is 2.31. The lowest BCUT2D eigenvalue weighted by molar-refractivity contribution is -0.116. The highest BCUT2D eigenvalue weighted by atomic mass is 127. The molecule has 1 fully saturated rings. The summed E-state index contributed by atoms with van der Waals surface area (Å²) in [5.74, 6) is 0.897. The van der Waals surface area contributed by atoms with E-state index < -0.39 is 0 Å². The number of rotatable bonds is 7. The van der Waals surface area contributed by atoms with Crippen molar-refractivity contribution < 1.29 is 14.3 Å². The van der Waals surface area contributed by atoms with Gasteiger partial charge in [-0.15, -0.1) is 24.0 Å². The number of guanidine groups is 1. The molecule has 7 nitrogen and oxygen atoms in total. The third-order valence-electron chi connectivity index (χ3n) is 5.98. The molecule has 2 aromatic rings. The van der Waals surface area contributed by atoms with E-state index >= 15 is 0 Å². The molecular formula is C25H33IN4O3. The summed E-state index contributed by atoms with van der Waals surface area (Å²) in [6.07, 6.45) is 2.73. The summed E-state index contributed by atoms with van der Waals surface area (Å²) in [5.41, 5.74) is 4.41. The van der Waals surface area contributed by atoms with Crippen LogP contribution in [0.3, 0.4) is 0 Å². The molecule has 1 unspecified atom stereocenters. The molecule has 2 aliphatic rings. The molecule has 0 radical (unpaired) electrons. The molecule has 33 heavy (non-hydrogen) atoms. The second kappa shape index (κ2) is 12.9. The van der Waals surface area contributed by atoms with Crippen LogP contribution in [0.25, 0.3) is 0 Å². The van der Waals surface area contributed by atoms with Crippen molar-refractivity contribution in [2.45, 2.75) is 44.4 Å². The van der Waals surface area contributed by atoms with Crippen LogP contribution in [0, 0.1) is 0 Å². The fourth-order valence-electron chi connectivity index (χ4n) is 4.12. The van der Waals surface area contributed by atoms with Crippen LogP contribution in [0.1, 0.15) is 41.9 Å². The van der Waals surface area contributed by atoms with Gasteiger partial charge in [0.05, 0.1) is 12.7 Å². The summed E-state index contributed by atoms with van der Waals surface area (Å²) in [6, 6.07) is 16.4. The van der Waals surface area contributed by atoms with Gasteiger partial charge in [-0.05, 0) is 35.6 Å². The van der Waals surface area contributed by atoms with Crippen molar-refractivity contribution in [2.75, 3.05) is 32.1 Å². The van der Waals surface area contributed by atoms with Gasteiger partial charge in [0.2, 0.25) is 5.91 Å². The number of hydrogen-bond acceptors (Lipinski definition) is 4. The van der Waals surface area contributed by atoms with Gasteiger partial charge in [-0.1, -0.05) is 42.5 Å². The summed E-state index contributed by atoms with van der Waals surface area (Å²) in [5, 5.41) is 9.67. The molecule has 1 amide bonds. The number of carbonyl (C=O) groups excluding carboxylic acids is 1. The van der Waals surface area contributed by atoms with E-state index in [0.717, 1.165) is 43.3 Å². The maximum absolute atomic E-state index is 12.0. The minimum atomic E-state index is 0. The number of para-hydroxylation sites is 1. The van der Waals surface area contributed by atoms with Crippen molar-refractivity contribution in [3.8, 4) is 0 Å². The second-order valence-corrected chi connectivity index (χ2v) is 8.28. The van der Waals surface area contributed by atoms with Gasteiger partial charge in [0.1, 0.15) is 0 Å². The standard InChI is InChI=1S/C25H32N4O3.HI/c1-26-25(28-16-20-14-24(30)29-23-5-3-2-4-22(20)23)27-15-18-6-8-19(9-7-18)17-32-21-10-12-31-13-11-21;/h2-9,20-21H,10-17H2,1H3,(H,29,30)(H2,26,27,28);1H. The van der Waals surface area contributed by atoms with E-state index in [1.807, 2.05) is 18.2 Å². The minimum absolute atomic E-state index is 0. The summed E-state index contributed by atoms with van der Waals surface area (Å²) in [6.45, 7) is 3.54. The van der Waals surface area contributed by atoms with Gasteiger partial charge in [-0.2, -0.15) is 0 Å². The third-order valence-corrected chi connectivity index (χ3v) is 5.98. The highest BCUT2D eigenvalue weighted by Gasteiger charge is 2.24. The lowest BCUT2D eigenvalue weighted by atomic mass is 9.90. The van der Waals surface area contributed by atoms with E-state index in [1.165, 1.54) is 11.1 Å². The molecule has 178 valence electrons. The lowest BCUT2D eigenvalue weighted by Crippen LogP contribution is -2.40. The Morgan fingerprint density at radius 1 is 1.09 bits per heavy atom. The predicted molar refractivity (Wildman–Crippen MR) is 141 cm³/mol. The SMILES string of the molecule is CN=C(NCc1ccc(COC2CCOCC2)cc1)NCC1CC(=O)Nc2ccccc21.I. The number of ether oxygens (including phenoxy) is 2. The lowest BCUT2D eigenvalue weighted by Gasteiger charge is -2.26. The van der Waals surface area contributed by atoms with Crippen molar-refractivity contribution in [3.63, 3.8) is 0 Å². The van der Waals surface area contributed by atoms with Crippen molar-refractivity contribution >= 4 is 41.5 Å². The molecule has 0 aromatic heterocycles. The van der Waals surface area contributed by atoms with Crippen LogP contribution < -0.4 is 16.0 Å². The Hall–Kier alpha value is -2.17. The monoisotopic (exact) mass is 564 g/mol. The highest BCUT2D eigenvalue weighted by molar-refractivity contribution is 14.0. The van der Waals surface area contributed by atoms with E-state index in [-0.39, 0.29) is 35.8 Å². The van der Waals surface area contributed by atoms with Gasteiger partial charge >= 0.3 is 0 Å². The normalized spacial score (nSPS) is 18.6. The predicted octanol–water partition coefficient (Wildman–Crippen LogP) is 3.79. The van der Waals surface area contributed by atoms with Crippen molar-refractivity contribution in [3.05, 3.63) is 65.2 Å². The molecule has 2 heterocycles. The molecule has 0 saturated carbocycles. The summed E-state index contributed by atoms with van der Waals surface area (Å²) >= 11 is 0. The molecule has 1 atom stereocenters. The van der Waals surface area contributed by atoms with Gasteiger partial charge in [0.15, 0.2) is 5.96 Å². The number of halogens is 1. The number of anilines is 1. The van der Waals surface area contributed by atoms with Gasteiger partial charge < -0.3 is 25.4 Å². The van der Waals surface area contributed by atoms with Crippen molar-refractivity contribution in [2.24, 2.45) is 4.99 Å². The number of benzene rings is 2. The molecule has 4 rings (SSSR count). The Labute approximate surface area is 212 Å². The first kappa shape index (κ1) is 25.5. The summed E-state index contributed by atoms with van der Waals surface area (Å²) in [4.78, 5) is 16.4. The Morgan fingerprint density at radius 2 is 1.82 bits per heavy atom. The maximum Gasteiger partial charge on any atom is 0.225 e. The van der Waals surface area contributed by atoms with Crippen LogP contribution in [0.4, 0.5) is 5.69 Å². The summed E-state index contributed by atoms with van der Waals surface area (Å²) in [7, 11) is 1.76. The first-order valence-corrected chi connectivity index (χ1v) is 11.3. The van der Waals surface area contributed by atoms with E-state index in [2.05, 4.69) is 51.3 Å². The van der Waals surface area contributed by atoms with Crippen LogP contribution in [0.15, 0.2) is 53.5 Å². The fraction of sp³-hybridized carbons (Fsp3) is 0.440. The van der Waals surface area contributed by atoms with Crippen LogP contribution in [-0.2, 0) is 27.4 Å². The van der Waals surface area contributed by atoms with Gasteiger partial charge in [-0.3, -0.25) is 9.79 Å². The Kier molecular flexibility index (Phi) is 9.95. The number of nitrogens with one attached hydrogen (secondary N) is 3. The van der Waals surface area contributed by atoms with Gasteiger partial charge in [-0.25, -0.2) is 0 Å². The molecule has 0 spiro atoms. The zero-order valence-electron chi connectivity index (χ0n) is 19.0. The zero-order valence-corrected chi connectivity index (χ0v) is 21.3. The largest absolute Gasteiger partial charge is 0.381 e. The third kappa shape index (κ3) is 7.41. The average molecular weight is 564 g/mol. The summed E-state index contributed by atoms with van der Waals surface area (Å²) < 4.78 is 11.4. The smallest absolute Gasteiger partial charge is 0.225 e. The molecule has 1 saturated heterocycles. The van der Waals surface area contributed by atoms with E-state index in [4.69, 9.17) is 9.47 Å². The van der Waals surface area contributed by atoms with E-state index in [9.17, 15) is 4.79 Å². The van der Waals surface area contributed by atoms with Crippen molar-refractivity contribution in [1.82, 2.24) is 10.6 Å². The molecule has 3 N–H and O–H groups in total. The number of carbonyl (C=O) groups is 1. The Morgan fingerprint density at radius 3 is 2.58 bits per heavy atom. The first-order chi connectivity index (χ1) is 15.7. The second-order valence-electron chi connectivity index (χ2n) is 8.28. The molecule has 0 bridgehead atoms. The maximum atomic E-state index is 12.0. The number of fused-ring (bicyclic) bond motifs is 1. The van der Waals surface area contributed by atoms with Crippen LogP contribution in [0.2, 0.25) is 0 Å². The Balaban J connectivity index is 0.00000306. The molecule has 8 heteroatoms. The molecule has 2 aliphatic heterocycles. The van der Waals surface area contributed by atoms with E-state index in [0.29, 0.717) is 32.2 Å². The minimum Gasteiger partial charge on any atom is -0.381 e. The van der Waals surface area contributed by atoms with Gasteiger partial charge in [0, 0.05) is 51.4 Å². The first-order valence-electron chi connectivity index (χ1n) is 11.3. The quantitative estimate of drug-likeness (QED) is 0.271. The fourth-order valence-corrected chi connectivity index (χ4v) is 4.12. The molecule has 2 aromatic carbocycles. The number of nitrogens with zero attached hydrogens (tertiary/aromatic N) is 1. The Bertz CT molecular complexity index is 930. The molecular weight excluding hydrogens is 531 g/mol. The number of hydrogen-bond donors (Lipinski definition) is 3. The molecule has 0 aliphatic carbocycles. The number of aliphatic imine (C=N–C) groups is 1. The average Bonchev–Trinajstić information content (AvgIpc) is 2.84. The topological polar surface area (TPSA) is 84.0 Å². The van der Waals surface area contributed by atoms with Crippen molar-refractivity contribution in [1.29, 1.82) is 0 Å². The van der Waals surface area contributed by atoms with Crippen LogP contribution >= 0.6 is 24.0 Å². The van der Waals surface area contributed by atoms with E-state index in [1.54, 1.807) is 7.05 Å². The van der Waals surface area contributed by atoms with Crippen LogP contribution in [-0.4, -0.2) is 44.8 Å². The van der Waals surface area contributed by atoms with Gasteiger partial charge in [0.25, 0.3) is 0 Å². The zero-order chi connectivity index (χ0) is 22.2. The van der Waals surface area contributed by atoms with Crippen LogP contribution in [0.5, 0.6) is 0 Å². The number of amides is 1.